The topological polar surface area (TPSA) is 24.9 Å². The van der Waals surface area contributed by atoms with Crippen molar-refractivity contribution in [2.75, 3.05) is 11.9 Å². The van der Waals surface area contributed by atoms with E-state index < -0.39 is 0 Å². The van der Waals surface area contributed by atoms with Crippen molar-refractivity contribution >= 4 is 21.7 Å². The molecule has 2 nitrogen and oxygen atoms in total. The molecule has 0 fully saturated rings. The summed E-state index contributed by atoms with van der Waals surface area (Å²) < 4.78 is 1.05. The normalized spacial score (nSPS) is 15.5. The molecule has 3 heteroatoms. The number of rotatable bonds is 4. The van der Waals surface area contributed by atoms with E-state index >= 15 is 0 Å². The molecule has 0 saturated heterocycles. The second-order valence-electron chi connectivity index (χ2n) is 4.63. The van der Waals surface area contributed by atoms with Crippen LogP contribution in [0.4, 0.5) is 5.82 Å². The molecule has 0 spiro atoms. The molecule has 0 aliphatic heterocycles. The van der Waals surface area contributed by atoms with Crippen molar-refractivity contribution < 1.29 is 0 Å². The largest absolute Gasteiger partial charge is 0.369 e. The second kappa shape index (κ2) is 6.20. The zero-order valence-electron chi connectivity index (χ0n) is 10.3. The van der Waals surface area contributed by atoms with Gasteiger partial charge in [0.15, 0.2) is 0 Å². The SMILES string of the molecule is Cc1cnc(NCCC2=CCCCC2)c(Br)c1. The summed E-state index contributed by atoms with van der Waals surface area (Å²) >= 11 is 3.53. The van der Waals surface area contributed by atoms with Crippen LogP contribution in [-0.4, -0.2) is 11.5 Å². The summed E-state index contributed by atoms with van der Waals surface area (Å²) in [5.41, 5.74) is 2.78. The van der Waals surface area contributed by atoms with Crippen LogP contribution in [0.2, 0.25) is 0 Å². The second-order valence-corrected chi connectivity index (χ2v) is 5.48. The molecular weight excluding hydrogens is 276 g/mol. The molecule has 2 rings (SSSR count). The van der Waals surface area contributed by atoms with Crippen LogP contribution >= 0.6 is 15.9 Å². The molecule has 1 aliphatic rings. The van der Waals surface area contributed by atoms with Crippen LogP contribution in [0.5, 0.6) is 0 Å². The first-order valence-electron chi connectivity index (χ1n) is 6.29. The minimum absolute atomic E-state index is 0.951. The van der Waals surface area contributed by atoms with E-state index in [1.54, 1.807) is 5.57 Å². The molecule has 0 saturated carbocycles. The molecule has 1 heterocycles. The van der Waals surface area contributed by atoms with Crippen LogP contribution in [-0.2, 0) is 0 Å². The van der Waals surface area contributed by atoms with Gasteiger partial charge in [0.2, 0.25) is 0 Å². The molecule has 0 unspecified atom stereocenters. The van der Waals surface area contributed by atoms with Crippen molar-refractivity contribution in [2.24, 2.45) is 0 Å². The number of hydrogen-bond acceptors (Lipinski definition) is 2. The number of pyridine rings is 1. The standard InChI is InChI=1S/C14H19BrN2/c1-11-9-13(15)14(17-10-11)16-8-7-12-5-3-2-4-6-12/h5,9-10H,2-4,6-8H2,1H3,(H,16,17). The number of anilines is 1. The molecule has 0 amide bonds. The average Bonchev–Trinajstić information content (AvgIpc) is 2.33. The number of aromatic nitrogens is 1. The highest BCUT2D eigenvalue weighted by molar-refractivity contribution is 9.10. The van der Waals surface area contributed by atoms with Gasteiger partial charge in [0.25, 0.3) is 0 Å². The highest BCUT2D eigenvalue weighted by Crippen LogP contribution is 2.22. The molecule has 0 aromatic carbocycles. The van der Waals surface area contributed by atoms with Gasteiger partial charge in [-0.15, -0.1) is 0 Å². The van der Waals surface area contributed by atoms with Crippen molar-refractivity contribution in [1.29, 1.82) is 0 Å². The fraction of sp³-hybridized carbons (Fsp3) is 0.500. The van der Waals surface area contributed by atoms with Gasteiger partial charge in [0.1, 0.15) is 5.82 Å². The summed E-state index contributed by atoms with van der Waals surface area (Å²) in [5, 5.41) is 3.39. The number of halogens is 1. The summed E-state index contributed by atoms with van der Waals surface area (Å²) in [4.78, 5) is 4.38. The third-order valence-corrected chi connectivity index (χ3v) is 3.71. The molecule has 1 aromatic heterocycles. The summed E-state index contributed by atoms with van der Waals surface area (Å²) in [6.45, 7) is 3.02. The van der Waals surface area contributed by atoms with E-state index in [1.165, 1.54) is 31.2 Å². The van der Waals surface area contributed by atoms with Gasteiger partial charge >= 0.3 is 0 Å². The smallest absolute Gasteiger partial charge is 0.140 e. The Kier molecular flexibility index (Phi) is 4.60. The summed E-state index contributed by atoms with van der Waals surface area (Å²) in [7, 11) is 0. The summed E-state index contributed by atoms with van der Waals surface area (Å²) in [6, 6.07) is 2.09. The van der Waals surface area contributed by atoms with Gasteiger partial charge in [-0.05, 0) is 66.6 Å². The van der Waals surface area contributed by atoms with Gasteiger partial charge < -0.3 is 5.32 Å². The third-order valence-electron chi connectivity index (χ3n) is 3.10. The fourth-order valence-corrected chi connectivity index (χ4v) is 2.74. The van der Waals surface area contributed by atoms with Gasteiger partial charge in [-0.1, -0.05) is 11.6 Å². The fourth-order valence-electron chi connectivity index (χ4n) is 2.14. The first kappa shape index (κ1) is 12.6. The zero-order chi connectivity index (χ0) is 12.1. The molecular formula is C14H19BrN2. The lowest BCUT2D eigenvalue weighted by Crippen LogP contribution is -2.06. The van der Waals surface area contributed by atoms with Crippen LogP contribution in [0, 0.1) is 6.92 Å². The van der Waals surface area contributed by atoms with E-state index in [4.69, 9.17) is 0 Å². The van der Waals surface area contributed by atoms with Crippen molar-refractivity contribution in [3.63, 3.8) is 0 Å². The number of nitrogens with one attached hydrogen (secondary N) is 1. The van der Waals surface area contributed by atoms with Crippen LogP contribution in [0.1, 0.15) is 37.7 Å². The molecule has 0 radical (unpaired) electrons. The maximum absolute atomic E-state index is 4.38. The number of allylic oxidation sites excluding steroid dienone is 1. The Morgan fingerprint density at radius 1 is 1.41 bits per heavy atom. The van der Waals surface area contributed by atoms with Crippen LogP contribution in [0.15, 0.2) is 28.4 Å². The Morgan fingerprint density at radius 3 is 3.00 bits per heavy atom. The minimum atomic E-state index is 0.951. The molecule has 0 atom stereocenters. The first-order chi connectivity index (χ1) is 8.25. The van der Waals surface area contributed by atoms with E-state index in [9.17, 15) is 0 Å². The van der Waals surface area contributed by atoms with E-state index in [-0.39, 0.29) is 0 Å². The van der Waals surface area contributed by atoms with E-state index in [2.05, 4.69) is 38.4 Å². The molecule has 1 aromatic rings. The van der Waals surface area contributed by atoms with Gasteiger partial charge in [-0.25, -0.2) is 4.98 Å². The van der Waals surface area contributed by atoms with E-state index in [1.807, 2.05) is 13.1 Å². The maximum atomic E-state index is 4.38. The Labute approximate surface area is 112 Å². The summed E-state index contributed by atoms with van der Waals surface area (Å²) in [5.74, 6) is 0.951. The van der Waals surface area contributed by atoms with Gasteiger partial charge in [0.05, 0.1) is 4.47 Å². The molecule has 92 valence electrons. The highest BCUT2D eigenvalue weighted by Gasteiger charge is 2.04. The minimum Gasteiger partial charge on any atom is -0.369 e. The van der Waals surface area contributed by atoms with E-state index in [0.717, 1.165) is 23.3 Å². The predicted molar refractivity (Wildman–Crippen MR) is 76.3 cm³/mol. The quantitative estimate of drug-likeness (QED) is 0.830. The van der Waals surface area contributed by atoms with Crippen molar-refractivity contribution in [2.45, 2.75) is 39.0 Å². The molecule has 17 heavy (non-hydrogen) atoms. The number of nitrogens with zero attached hydrogens (tertiary/aromatic N) is 1. The summed E-state index contributed by atoms with van der Waals surface area (Å²) in [6.07, 6.45) is 10.7. The van der Waals surface area contributed by atoms with Crippen molar-refractivity contribution in [3.05, 3.63) is 33.9 Å². The lowest BCUT2D eigenvalue weighted by molar-refractivity contribution is 0.679. The maximum Gasteiger partial charge on any atom is 0.140 e. The Morgan fingerprint density at radius 2 is 2.29 bits per heavy atom. The Bertz CT molecular complexity index is 413. The zero-order valence-corrected chi connectivity index (χ0v) is 11.9. The number of aryl methyl sites for hydroxylation is 1. The average molecular weight is 295 g/mol. The van der Waals surface area contributed by atoms with Crippen LogP contribution < -0.4 is 5.32 Å². The Hall–Kier alpha value is -0.830. The van der Waals surface area contributed by atoms with Crippen LogP contribution in [0.25, 0.3) is 0 Å². The molecule has 1 N–H and O–H groups in total. The van der Waals surface area contributed by atoms with E-state index in [0.29, 0.717) is 0 Å². The predicted octanol–water partition coefficient (Wildman–Crippen LogP) is 4.45. The number of hydrogen-bond donors (Lipinski definition) is 1. The first-order valence-corrected chi connectivity index (χ1v) is 7.09. The highest BCUT2D eigenvalue weighted by atomic mass is 79.9. The third kappa shape index (κ3) is 3.84. The Balaban J connectivity index is 1.83. The van der Waals surface area contributed by atoms with Gasteiger partial charge in [-0.2, -0.15) is 0 Å². The van der Waals surface area contributed by atoms with Crippen molar-refractivity contribution in [3.8, 4) is 0 Å². The van der Waals surface area contributed by atoms with Crippen LogP contribution in [0.3, 0.4) is 0 Å². The van der Waals surface area contributed by atoms with Gasteiger partial charge in [-0.3, -0.25) is 0 Å². The monoisotopic (exact) mass is 294 g/mol. The molecule has 1 aliphatic carbocycles. The lowest BCUT2D eigenvalue weighted by atomic mass is 9.97. The lowest BCUT2D eigenvalue weighted by Gasteiger charge is -2.13. The van der Waals surface area contributed by atoms with Crippen molar-refractivity contribution in [1.82, 2.24) is 4.98 Å². The van der Waals surface area contributed by atoms with Gasteiger partial charge in [0, 0.05) is 12.7 Å². The molecule has 0 bridgehead atoms.